The number of methoxy groups -OCH3 is 3. The van der Waals surface area contributed by atoms with Crippen LogP contribution < -0.4 is 24.3 Å². The highest BCUT2D eigenvalue weighted by molar-refractivity contribution is 9.10. The zero-order valence-electron chi connectivity index (χ0n) is 15.7. The Bertz CT molecular complexity index is 721. The van der Waals surface area contributed by atoms with E-state index in [1.807, 2.05) is 31.2 Å². The summed E-state index contributed by atoms with van der Waals surface area (Å²) in [5, 5.41) is 3.46. The van der Waals surface area contributed by atoms with Crippen LogP contribution in [0.3, 0.4) is 0 Å². The van der Waals surface area contributed by atoms with Gasteiger partial charge in [0, 0.05) is 11.0 Å². The second-order valence-corrected chi connectivity index (χ2v) is 6.50. The van der Waals surface area contributed by atoms with Crippen LogP contribution in [-0.4, -0.2) is 34.5 Å². The maximum atomic E-state index is 5.59. The van der Waals surface area contributed by atoms with Gasteiger partial charge in [0.25, 0.3) is 0 Å². The topological polar surface area (TPSA) is 49.0 Å². The van der Waals surface area contributed by atoms with Crippen molar-refractivity contribution in [3.8, 4) is 23.0 Å². The Labute approximate surface area is 163 Å². The molecule has 0 atom stereocenters. The van der Waals surface area contributed by atoms with Crippen molar-refractivity contribution in [1.29, 1.82) is 0 Å². The summed E-state index contributed by atoms with van der Waals surface area (Å²) >= 11 is 3.61. The van der Waals surface area contributed by atoms with Crippen molar-refractivity contribution < 1.29 is 18.9 Å². The maximum absolute atomic E-state index is 5.59. The smallest absolute Gasteiger partial charge is 0.162 e. The lowest BCUT2D eigenvalue weighted by molar-refractivity contribution is 0.310. The van der Waals surface area contributed by atoms with Gasteiger partial charge in [0.1, 0.15) is 0 Å². The molecule has 5 nitrogen and oxygen atoms in total. The number of benzene rings is 2. The molecule has 0 aliphatic rings. The van der Waals surface area contributed by atoms with Gasteiger partial charge < -0.3 is 24.3 Å². The average Bonchev–Trinajstić information content (AvgIpc) is 2.66. The van der Waals surface area contributed by atoms with Gasteiger partial charge in [-0.05, 0) is 55.3 Å². The zero-order chi connectivity index (χ0) is 18.9. The monoisotopic (exact) mass is 423 g/mol. The van der Waals surface area contributed by atoms with Crippen LogP contribution in [0.15, 0.2) is 34.8 Å². The lowest BCUT2D eigenvalue weighted by Crippen LogP contribution is -2.17. The molecular formula is C20H26BrNO4. The van der Waals surface area contributed by atoms with Crippen molar-refractivity contribution in [3.63, 3.8) is 0 Å². The van der Waals surface area contributed by atoms with E-state index in [-0.39, 0.29) is 0 Å². The number of halogens is 1. The molecule has 2 rings (SSSR count). The largest absolute Gasteiger partial charge is 0.493 e. The van der Waals surface area contributed by atoms with Gasteiger partial charge in [-0.1, -0.05) is 22.0 Å². The van der Waals surface area contributed by atoms with Gasteiger partial charge in [-0.2, -0.15) is 0 Å². The summed E-state index contributed by atoms with van der Waals surface area (Å²) < 4.78 is 22.6. The summed E-state index contributed by atoms with van der Waals surface area (Å²) in [4.78, 5) is 0. The Hall–Kier alpha value is -1.92. The molecule has 0 heterocycles. The first-order valence-electron chi connectivity index (χ1n) is 8.53. The molecule has 6 heteroatoms. The van der Waals surface area contributed by atoms with Crippen molar-refractivity contribution in [2.45, 2.75) is 19.9 Å². The molecule has 26 heavy (non-hydrogen) atoms. The first kappa shape index (κ1) is 20.4. The molecule has 0 fully saturated rings. The first-order valence-corrected chi connectivity index (χ1v) is 9.33. The van der Waals surface area contributed by atoms with E-state index in [0.717, 1.165) is 52.5 Å². The molecule has 0 aromatic heterocycles. The van der Waals surface area contributed by atoms with Crippen molar-refractivity contribution in [3.05, 3.63) is 45.9 Å². The molecule has 0 unspecified atom stereocenters. The van der Waals surface area contributed by atoms with E-state index in [0.29, 0.717) is 6.61 Å². The van der Waals surface area contributed by atoms with Crippen LogP contribution in [0.1, 0.15) is 18.1 Å². The van der Waals surface area contributed by atoms with Gasteiger partial charge >= 0.3 is 0 Å². The molecule has 2 aromatic rings. The van der Waals surface area contributed by atoms with Crippen molar-refractivity contribution in [1.82, 2.24) is 5.32 Å². The highest BCUT2D eigenvalue weighted by Crippen LogP contribution is 2.33. The minimum Gasteiger partial charge on any atom is -0.493 e. The summed E-state index contributed by atoms with van der Waals surface area (Å²) in [6.07, 6.45) is 0.895. The SMILES string of the molecule is CCOc1cc(Br)c(CNCCc2ccc(OC)c(OC)c2)cc1OC. The number of ether oxygens (including phenoxy) is 4. The van der Waals surface area contributed by atoms with Crippen LogP contribution in [0, 0.1) is 0 Å². The molecule has 0 aliphatic heterocycles. The summed E-state index contributed by atoms with van der Waals surface area (Å²) in [5.41, 5.74) is 2.32. The fraction of sp³-hybridized carbons (Fsp3) is 0.400. The quantitative estimate of drug-likeness (QED) is 0.580. The minimum atomic E-state index is 0.603. The second kappa shape index (κ2) is 10.3. The van der Waals surface area contributed by atoms with Crippen LogP contribution in [0.5, 0.6) is 23.0 Å². The third-order valence-corrected chi connectivity index (χ3v) is 4.72. The Balaban J connectivity index is 1.93. The number of nitrogens with one attached hydrogen (secondary N) is 1. The van der Waals surface area contributed by atoms with Crippen LogP contribution >= 0.6 is 15.9 Å². The number of rotatable bonds is 10. The molecule has 1 N–H and O–H groups in total. The van der Waals surface area contributed by atoms with E-state index in [9.17, 15) is 0 Å². The van der Waals surface area contributed by atoms with Crippen molar-refractivity contribution in [2.75, 3.05) is 34.5 Å². The molecule has 0 spiro atoms. The Kier molecular flexibility index (Phi) is 8.06. The third-order valence-electron chi connectivity index (χ3n) is 3.99. The highest BCUT2D eigenvalue weighted by Gasteiger charge is 2.10. The van der Waals surface area contributed by atoms with Gasteiger partial charge in [0.2, 0.25) is 0 Å². The second-order valence-electron chi connectivity index (χ2n) is 5.64. The van der Waals surface area contributed by atoms with Crippen LogP contribution in [0.25, 0.3) is 0 Å². The maximum Gasteiger partial charge on any atom is 0.162 e. The van der Waals surface area contributed by atoms with E-state index in [2.05, 4.69) is 27.3 Å². The van der Waals surface area contributed by atoms with Gasteiger partial charge in [0.15, 0.2) is 23.0 Å². The predicted octanol–water partition coefficient (Wildman–Crippen LogP) is 4.21. The molecule has 142 valence electrons. The Morgan fingerprint density at radius 3 is 2.23 bits per heavy atom. The number of hydrogen-bond acceptors (Lipinski definition) is 5. The van der Waals surface area contributed by atoms with Crippen LogP contribution in [0.2, 0.25) is 0 Å². The summed E-state index contributed by atoms with van der Waals surface area (Å²) in [5.74, 6) is 2.99. The Morgan fingerprint density at radius 2 is 1.58 bits per heavy atom. The van der Waals surface area contributed by atoms with Gasteiger partial charge in [-0.3, -0.25) is 0 Å². The van der Waals surface area contributed by atoms with Gasteiger partial charge in [0.05, 0.1) is 27.9 Å². The standard InChI is InChI=1S/C20H26BrNO4/c1-5-26-20-12-16(21)15(11-19(20)25-4)13-22-9-8-14-6-7-17(23-2)18(10-14)24-3/h6-7,10-12,22H,5,8-9,13H2,1-4H3. The molecule has 0 radical (unpaired) electrons. The van der Waals surface area contributed by atoms with Crippen molar-refractivity contribution >= 4 is 15.9 Å². The third kappa shape index (κ3) is 5.29. The summed E-state index contributed by atoms with van der Waals surface area (Å²) in [6, 6.07) is 9.95. The van der Waals surface area contributed by atoms with Gasteiger partial charge in [-0.15, -0.1) is 0 Å². The molecule has 0 saturated heterocycles. The molecular weight excluding hydrogens is 398 g/mol. The van der Waals surface area contributed by atoms with Crippen LogP contribution in [0.4, 0.5) is 0 Å². The Morgan fingerprint density at radius 1 is 0.885 bits per heavy atom. The van der Waals surface area contributed by atoms with E-state index in [1.165, 1.54) is 5.56 Å². The summed E-state index contributed by atoms with van der Waals surface area (Å²) in [6.45, 7) is 4.14. The lowest BCUT2D eigenvalue weighted by Gasteiger charge is -2.14. The molecule has 2 aromatic carbocycles. The number of hydrogen-bond donors (Lipinski definition) is 1. The zero-order valence-corrected chi connectivity index (χ0v) is 17.3. The minimum absolute atomic E-state index is 0.603. The summed E-state index contributed by atoms with van der Waals surface area (Å²) in [7, 11) is 4.94. The molecule has 0 bridgehead atoms. The predicted molar refractivity (Wildman–Crippen MR) is 107 cm³/mol. The fourth-order valence-corrected chi connectivity index (χ4v) is 3.10. The first-order chi connectivity index (χ1) is 12.6. The van der Waals surface area contributed by atoms with E-state index < -0.39 is 0 Å². The van der Waals surface area contributed by atoms with Gasteiger partial charge in [-0.25, -0.2) is 0 Å². The van der Waals surface area contributed by atoms with E-state index in [4.69, 9.17) is 18.9 Å². The normalized spacial score (nSPS) is 10.5. The van der Waals surface area contributed by atoms with E-state index >= 15 is 0 Å². The molecule has 0 saturated carbocycles. The highest BCUT2D eigenvalue weighted by atomic mass is 79.9. The molecule has 0 amide bonds. The van der Waals surface area contributed by atoms with Crippen molar-refractivity contribution in [2.24, 2.45) is 0 Å². The fourth-order valence-electron chi connectivity index (χ4n) is 2.63. The van der Waals surface area contributed by atoms with E-state index in [1.54, 1.807) is 21.3 Å². The van der Waals surface area contributed by atoms with Crippen LogP contribution in [-0.2, 0) is 13.0 Å². The lowest BCUT2D eigenvalue weighted by atomic mass is 10.1. The average molecular weight is 424 g/mol. The molecule has 0 aliphatic carbocycles.